The second-order valence-electron chi connectivity index (χ2n) is 6.84. The van der Waals surface area contributed by atoms with Gasteiger partial charge in [-0.2, -0.15) is 0 Å². The quantitative estimate of drug-likeness (QED) is 0.583. The predicted molar refractivity (Wildman–Crippen MR) is 111 cm³/mol. The van der Waals surface area contributed by atoms with E-state index >= 15 is 0 Å². The number of morpholine rings is 1. The summed E-state index contributed by atoms with van der Waals surface area (Å²) in [4.78, 5) is 41.7. The summed E-state index contributed by atoms with van der Waals surface area (Å²) < 4.78 is 7.23. The van der Waals surface area contributed by atoms with Gasteiger partial charge in [0.15, 0.2) is 0 Å². The summed E-state index contributed by atoms with van der Waals surface area (Å²) in [6.07, 6.45) is 1.60. The maximum absolute atomic E-state index is 12.5. The van der Waals surface area contributed by atoms with E-state index in [-0.39, 0.29) is 24.4 Å². The number of H-pyrrole nitrogens is 1. The highest BCUT2D eigenvalue weighted by Gasteiger charge is 2.11. The number of benzene rings is 1. The Morgan fingerprint density at radius 2 is 1.96 bits per heavy atom. The molecule has 1 aromatic heterocycles. The average Bonchev–Trinajstić information content (AvgIpc) is 2.69. The maximum atomic E-state index is 12.5. The second kappa shape index (κ2) is 9.99. The zero-order chi connectivity index (χ0) is 19.9. The van der Waals surface area contributed by atoms with E-state index < -0.39 is 5.69 Å². The first-order chi connectivity index (χ1) is 13.5. The number of carbonyl (C=O) groups is 1. The highest BCUT2D eigenvalue weighted by molar-refractivity contribution is 9.10. The van der Waals surface area contributed by atoms with Crippen LogP contribution in [0.4, 0.5) is 0 Å². The minimum absolute atomic E-state index is 0.0602. The van der Waals surface area contributed by atoms with Gasteiger partial charge in [-0.15, -0.1) is 0 Å². The van der Waals surface area contributed by atoms with Gasteiger partial charge in [0.05, 0.1) is 24.1 Å². The normalized spacial score (nSPS) is 15.0. The summed E-state index contributed by atoms with van der Waals surface area (Å²) in [5.74, 6) is -0.0602. The lowest BCUT2D eigenvalue weighted by Crippen LogP contribution is -2.38. The Hall–Kier alpha value is -1.97. The number of hydrogen-bond donors (Lipinski definition) is 2. The van der Waals surface area contributed by atoms with Crippen molar-refractivity contribution < 1.29 is 9.53 Å². The maximum Gasteiger partial charge on any atom is 0.328 e. The van der Waals surface area contributed by atoms with Crippen LogP contribution in [0.2, 0.25) is 0 Å². The Labute approximate surface area is 171 Å². The fourth-order valence-corrected chi connectivity index (χ4v) is 3.63. The molecule has 1 aromatic carbocycles. The Balaban J connectivity index is 1.45. The molecular weight excluding hydrogens is 428 g/mol. The summed E-state index contributed by atoms with van der Waals surface area (Å²) in [5.41, 5.74) is -0.288. The summed E-state index contributed by atoms with van der Waals surface area (Å²) in [6.45, 7) is 5.21. The largest absolute Gasteiger partial charge is 0.379 e. The zero-order valence-electron chi connectivity index (χ0n) is 15.7. The minimum Gasteiger partial charge on any atom is -0.379 e. The number of amides is 1. The van der Waals surface area contributed by atoms with Crippen molar-refractivity contribution in [2.24, 2.45) is 0 Å². The van der Waals surface area contributed by atoms with Crippen LogP contribution in [-0.4, -0.2) is 59.8 Å². The van der Waals surface area contributed by atoms with E-state index in [0.29, 0.717) is 23.9 Å². The molecule has 0 radical (unpaired) electrons. The first-order valence-electron chi connectivity index (χ1n) is 9.54. The third kappa shape index (κ3) is 5.52. The second-order valence-corrected chi connectivity index (χ2v) is 7.75. The Bertz CT molecular complexity index is 934. The highest BCUT2D eigenvalue weighted by Crippen LogP contribution is 2.14. The van der Waals surface area contributed by atoms with Gasteiger partial charge >= 0.3 is 5.69 Å². The monoisotopic (exact) mass is 452 g/mol. The molecule has 8 nitrogen and oxygen atoms in total. The van der Waals surface area contributed by atoms with E-state index in [1.807, 2.05) is 0 Å². The predicted octanol–water partition coefficient (Wildman–Crippen LogP) is 1.07. The zero-order valence-corrected chi connectivity index (χ0v) is 17.3. The summed E-state index contributed by atoms with van der Waals surface area (Å²) >= 11 is 3.33. The number of carbonyl (C=O) groups excluding carboxylic acids is 1. The van der Waals surface area contributed by atoms with Gasteiger partial charge in [-0.05, 0) is 37.6 Å². The fraction of sp³-hybridized carbons (Fsp3) is 0.526. The molecule has 0 unspecified atom stereocenters. The van der Waals surface area contributed by atoms with Crippen molar-refractivity contribution in [3.63, 3.8) is 0 Å². The lowest BCUT2D eigenvalue weighted by Gasteiger charge is -2.26. The van der Waals surface area contributed by atoms with Crippen molar-refractivity contribution in [2.45, 2.75) is 25.8 Å². The Kier molecular flexibility index (Phi) is 7.41. The van der Waals surface area contributed by atoms with Gasteiger partial charge in [0, 0.05) is 37.1 Å². The number of ether oxygens (including phenoxy) is 1. The third-order valence-corrected chi connectivity index (χ3v) is 5.30. The van der Waals surface area contributed by atoms with Crippen molar-refractivity contribution >= 4 is 32.7 Å². The van der Waals surface area contributed by atoms with Gasteiger partial charge in [-0.3, -0.25) is 19.1 Å². The number of nitrogens with zero attached hydrogens (tertiary/aromatic N) is 2. The molecule has 2 aromatic rings. The lowest BCUT2D eigenvalue weighted by molar-refractivity contribution is -0.121. The van der Waals surface area contributed by atoms with E-state index in [9.17, 15) is 14.4 Å². The smallest absolute Gasteiger partial charge is 0.328 e. The molecule has 0 saturated carbocycles. The third-order valence-electron chi connectivity index (χ3n) is 4.81. The molecular formula is C19H25BrN4O4. The molecule has 0 atom stereocenters. The van der Waals surface area contributed by atoms with Crippen molar-refractivity contribution in [3.05, 3.63) is 43.5 Å². The summed E-state index contributed by atoms with van der Waals surface area (Å²) in [5, 5.41) is 3.34. The standard InChI is InChI=1S/C19H25BrN4O4/c20-14-4-5-16-15(13-14)18(26)24(19(27)22-16)8-1-3-17(25)21-6-2-7-23-9-11-28-12-10-23/h4-5,13H,1-3,6-12H2,(H,21,25)(H,22,27). The van der Waals surface area contributed by atoms with E-state index in [0.717, 1.165) is 48.3 Å². The van der Waals surface area contributed by atoms with E-state index in [4.69, 9.17) is 4.74 Å². The van der Waals surface area contributed by atoms with Crippen molar-refractivity contribution in [3.8, 4) is 0 Å². The number of hydrogen-bond acceptors (Lipinski definition) is 5. The molecule has 1 aliphatic heterocycles. The molecule has 0 bridgehead atoms. The van der Waals surface area contributed by atoms with Crippen LogP contribution in [0.5, 0.6) is 0 Å². The SMILES string of the molecule is O=C(CCCn1c(=O)[nH]c2ccc(Br)cc2c1=O)NCCCN1CCOCC1. The molecule has 2 N–H and O–H groups in total. The van der Waals surface area contributed by atoms with Crippen LogP contribution in [0, 0.1) is 0 Å². The first-order valence-corrected chi connectivity index (χ1v) is 10.3. The topological polar surface area (TPSA) is 96.4 Å². The van der Waals surface area contributed by atoms with Gasteiger partial charge in [-0.1, -0.05) is 15.9 Å². The number of nitrogens with one attached hydrogen (secondary N) is 2. The summed E-state index contributed by atoms with van der Waals surface area (Å²) in [7, 11) is 0. The molecule has 0 aliphatic carbocycles. The molecule has 3 rings (SSSR count). The summed E-state index contributed by atoms with van der Waals surface area (Å²) in [6, 6.07) is 5.15. The Morgan fingerprint density at radius 3 is 2.75 bits per heavy atom. The van der Waals surface area contributed by atoms with Gasteiger partial charge in [0.2, 0.25) is 5.91 Å². The number of aromatic nitrogens is 2. The van der Waals surface area contributed by atoms with Crippen LogP contribution in [0.25, 0.3) is 10.9 Å². The molecule has 1 fully saturated rings. The van der Waals surface area contributed by atoms with E-state index in [1.54, 1.807) is 18.2 Å². The van der Waals surface area contributed by atoms with Gasteiger partial charge < -0.3 is 15.0 Å². The van der Waals surface area contributed by atoms with E-state index in [2.05, 4.69) is 31.1 Å². The van der Waals surface area contributed by atoms with Crippen LogP contribution < -0.4 is 16.6 Å². The van der Waals surface area contributed by atoms with Crippen LogP contribution in [0.1, 0.15) is 19.3 Å². The van der Waals surface area contributed by atoms with E-state index in [1.165, 1.54) is 0 Å². The lowest BCUT2D eigenvalue weighted by atomic mass is 10.2. The number of fused-ring (bicyclic) bond motifs is 1. The van der Waals surface area contributed by atoms with Gasteiger partial charge in [-0.25, -0.2) is 4.79 Å². The fourth-order valence-electron chi connectivity index (χ4n) is 3.27. The van der Waals surface area contributed by atoms with Crippen molar-refractivity contribution in [2.75, 3.05) is 39.4 Å². The molecule has 1 aliphatic rings. The van der Waals surface area contributed by atoms with Crippen LogP contribution >= 0.6 is 15.9 Å². The first kappa shape index (κ1) is 20.8. The molecule has 2 heterocycles. The number of aromatic amines is 1. The molecule has 9 heteroatoms. The average molecular weight is 453 g/mol. The van der Waals surface area contributed by atoms with Crippen molar-refractivity contribution in [1.29, 1.82) is 0 Å². The molecule has 0 spiro atoms. The Morgan fingerprint density at radius 1 is 1.18 bits per heavy atom. The van der Waals surface area contributed by atoms with Gasteiger partial charge in [0.1, 0.15) is 0 Å². The van der Waals surface area contributed by atoms with Crippen molar-refractivity contribution in [1.82, 2.24) is 19.8 Å². The minimum atomic E-state index is -0.453. The number of halogens is 1. The van der Waals surface area contributed by atoms with Crippen LogP contribution in [0.3, 0.4) is 0 Å². The molecule has 28 heavy (non-hydrogen) atoms. The molecule has 1 amide bonds. The number of rotatable bonds is 8. The molecule has 1 saturated heterocycles. The highest BCUT2D eigenvalue weighted by atomic mass is 79.9. The molecule has 152 valence electrons. The van der Waals surface area contributed by atoms with Gasteiger partial charge in [0.25, 0.3) is 5.56 Å². The van der Waals surface area contributed by atoms with Crippen LogP contribution in [0.15, 0.2) is 32.3 Å². The van der Waals surface area contributed by atoms with Crippen LogP contribution in [-0.2, 0) is 16.1 Å².